The molecule has 0 fully saturated rings. The molecule has 2 aromatic rings. The zero-order valence-electron chi connectivity index (χ0n) is 14.2. The minimum absolute atomic E-state index is 0.218. The highest BCUT2D eigenvalue weighted by molar-refractivity contribution is 8.00. The Morgan fingerprint density at radius 2 is 1.76 bits per heavy atom. The molecule has 1 atom stereocenters. The number of aromatic nitrogens is 2. The SMILES string of the molecule is Cc1ccc(NC(=O)NC(=O)[C@@H](C)Sc2nc(N)cc(N)n2)c(C)c1. The van der Waals surface area contributed by atoms with Crippen molar-refractivity contribution in [3.8, 4) is 0 Å². The number of carbonyl (C=O) groups is 2. The maximum Gasteiger partial charge on any atom is 0.325 e. The molecule has 8 nitrogen and oxygen atoms in total. The van der Waals surface area contributed by atoms with E-state index in [4.69, 9.17) is 11.5 Å². The maximum absolute atomic E-state index is 12.1. The zero-order chi connectivity index (χ0) is 18.6. The number of thioether (sulfide) groups is 1. The summed E-state index contributed by atoms with van der Waals surface area (Å²) in [5, 5.41) is 4.61. The van der Waals surface area contributed by atoms with Crippen LogP contribution >= 0.6 is 11.8 Å². The minimum Gasteiger partial charge on any atom is -0.383 e. The van der Waals surface area contributed by atoms with E-state index in [2.05, 4.69) is 20.6 Å². The predicted molar refractivity (Wildman–Crippen MR) is 99.3 cm³/mol. The monoisotopic (exact) mass is 360 g/mol. The highest BCUT2D eigenvalue weighted by Gasteiger charge is 2.19. The lowest BCUT2D eigenvalue weighted by Gasteiger charge is -2.13. The molecule has 0 aliphatic heterocycles. The average Bonchev–Trinajstić information content (AvgIpc) is 2.49. The van der Waals surface area contributed by atoms with Gasteiger partial charge in [-0.3, -0.25) is 10.1 Å². The summed E-state index contributed by atoms with van der Waals surface area (Å²) >= 11 is 1.06. The Balaban J connectivity index is 1.94. The first-order valence-corrected chi connectivity index (χ1v) is 8.38. The van der Waals surface area contributed by atoms with Crippen LogP contribution in [-0.4, -0.2) is 27.2 Å². The van der Waals surface area contributed by atoms with E-state index in [1.54, 1.807) is 13.0 Å². The molecule has 132 valence electrons. The Morgan fingerprint density at radius 1 is 1.12 bits per heavy atom. The summed E-state index contributed by atoms with van der Waals surface area (Å²) in [5.74, 6) is -0.0396. The molecule has 6 N–H and O–H groups in total. The highest BCUT2D eigenvalue weighted by Crippen LogP contribution is 2.21. The number of rotatable bonds is 4. The van der Waals surface area contributed by atoms with Gasteiger partial charge in [0.1, 0.15) is 11.6 Å². The molecule has 1 aromatic heterocycles. The number of imide groups is 1. The second-order valence-electron chi connectivity index (χ2n) is 5.52. The van der Waals surface area contributed by atoms with Gasteiger partial charge in [0, 0.05) is 11.8 Å². The Kier molecular flexibility index (Phi) is 5.81. The van der Waals surface area contributed by atoms with Gasteiger partial charge < -0.3 is 16.8 Å². The standard InChI is InChI=1S/C16H20N6O2S/c1-8-4-5-11(9(2)6-8)19-15(24)22-14(23)10(3)25-16-20-12(17)7-13(18)21-16/h4-7,10H,1-3H3,(H4,17,18,20,21)(H2,19,22,23,24)/t10-/m1/s1. The van der Waals surface area contributed by atoms with Crippen molar-refractivity contribution in [1.29, 1.82) is 0 Å². The molecule has 0 saturated carbocycles. The molecule has 0 aliphatic carbocycles. The van der Waals surface area contributed by atoms with E-state index in [0.29, 0.717) is 5.69 Å². The molecule has 3 amide bonds. The maximum atomic E-state index is 12.1. The third-order valence-electron chi connectivity index (χ3n) is 3.26. The molecule has 9 heteroatoms. The predicted octanol–water partition coefficient (Wildman–Crippen LogP) is 2.09. The topological polar surface area (TPSA) is 136 Å². The van der Waals surface area contributed by atoms with Crippen LogP contribution in [0.15, 0.2) is 29.4 Å². The lowest BCUT2D eigenvalue weighted by atomic mass is 10.1. The van der Waals surface area contributed by atoms with Crippen LogP contribution in [0.3, 0.4) is 0 Å². The van der Waals surface area contributed by atoms with E-state index in [0.717, 1.165) is 22.9 Å². The largest absolute Gasteiger partial charge is 0.383 e. The smallest absolute Gasteiger partial charge is 0.325 e. The average molecular weight is 360 g/mol. The van der Waals surface area contributed by atoms with Crippen molar-refractivity contribution in [2.24, 2.45) is 0 Å². The summed E-state index contributed by atoms with van der Waals surface area (Å²) in [7, 11) is 0. The number of hydrogen-bond acceptors (Lipinski definition) is 7. The molecule has 1 heterocycles. The minimum atomic E-state index is -0.605. The van der Waals surface area contributed by atoms with Gasteiger partial charge in [-0.2, -0.15) is 0 Å². The first-order chi connectivity index (χ1) is 11.7. The van der Waals surface area contributed by atoms with Crippen LogP contribution in [0, 0.1) is 13.8 Å². The zero-order valence-corrected chi connectivity index (χ0v) is 15.0. The molecule has 0 radical (unpaired) electrons. The van der Waals surface area contributed by atoms with Gasteiger partial charge >= 0.3 is 6.03 Å². The fraction of sp³-hybridized carbons (Fsp3) is 0.250. The lowest BCUT2D eigenvalue weighted by Crippen LogP contribution is -2.39. The number of nitrogens with zero attached hydrogens (tertiary/aromatic N) is 2. The van der Waals surface area contributed by atoms with E-state index >= 15 is 0 Å². The van der Waals surface area contributed by atoms with Crippen LogP contribution in [0.2, 0.25) is 0 Å². The number of nitrogens with two attached hydrogens (primary N) is 2. The number of nitrogens with one attached hydrogen (secondary N) is 2. The van der Waals surface area contributed by atoms with E-state index < -0.39 is 17.2 Å². The van der Waals surface area contributed by atoms with Gasteiger partial charge in [0.2, 0.25) is 5.91 Å². The molecule has 0 aliphatic rings. The van der Waals surface area contributed by atoms with E-state index in [-0.39, 0.29) is 16.8 Å². The van der Waals surface area contributed by atoms with E-state index in [1.165, 1.54) is 6.07 Å². The molecule has 0 unspecified atom stereocenters. The second kappa shape index (κ2) is 7.84. The highest BCUT2D eigenvalue weighted by atomic mass is 32.2. The third-order valence-corrected chi connectivity index (χ3v) is 4.22. The molecule has 2 rings (SSSR count). The molecule has 1 aromatic carbocycles. The number of urea groups is 1. The first kappa shape index (κ1) is 18.5. The summed E-state index contributed by atoms with van der Waals surface area (Å²) in [6.07, 6.45) is 0. The van der Waals surface area contributed by atoms with Crippen LogP contribution in [0.4, 0.5) is 22.1 Å². The Labute approximate surface area is 149 Å². The number of anilines is 3. The van der Waals surface area contributed by atoms with E-state index in [9.17, 15) is 9.59 Å². The molecular weight excluding hydrogens is 340 g/mol. The molecule has 0 bridgehead atoms. The van der Waals surface area contributed by atoms with Crippen molar-refractivity contribution in [3.05, 3.63) is 35.4 Å². The van der Waals surface area contributed by atoms with Gasteiger partial charge in [0.25, 0.3) is 0 Å². The number of nitrogen functional groups attached to an aromatic ring is 2. The quantitative estimate of drug-likeness (QED) is 0.484. The van der Waals surface area contributed by atoms with Crippen molar-refractivity contribution < 1.29 is 9.59 Å². The molecule has 0 saturated heterocycles. The van der Waals surface area contributed by atoms with Gasteiger partial charge in [-0.1, -0.05) is 29.5 Å². The van der Waals surface area contributed by atoms with E-state index in [1.807, 2.05) is 26.0 Å². The number of hydrogen-bond donors (Lipinski definition) is 4. The Morgan fingerprint density at radius 3 is 2.36 bits per heavy atom. The van der Waals surface area contributed by atoms with Crippen LogP contribution in [0.1, 0.15) is 18.1 Å². The third kappa shape index (κ3) is 5.35. The summed E-state index contributed by atoms with van der Waals surface area (Å²) in [6.45, 7) is 5.47. The van der Waals surface area contributed by atoms with Gasteiger partial charge in [-0.25, -0.2) is 14.8 Å². The van der Waals surface area contributed by atoms with Crippen LogP contribution in [0.5, 0.6) is 0 Å². The van der Waals surface area contributed by atoms with Crippen LogP contribution in [0.25, 0.3) is 0 Å². The summed E-state index contributed by atoms with van der Waals surface area (Å²) in [6, 6.07) is 6.43. The van der Waals surface area contributed by atoms with Crippen LogP contribution < -0.4 is 22.1 Å². The van der Waals surface area contributed by atoms with Gasteiger partial charge in [-0.15, -0.1) is 0 Å². The van der Waals surface area contributed by atoms with Crippen molar-refractivity contribution in [2.45, 2.75) is 31.2 Å². The number of carbonyl (C=O) groups excluding carboxylic acids is 2. The fourth-order valence-corrected chi connectivity index (χ4v) is 2.85. The van der Waals surface area contributed by atoms with Gasteiger partial charge in [0.15, 0.2) is 5.16 Å². The van der Waals surface area contributed by atoms with Crippen molar-refractivity contribution >= 4 is 41.0 Å². The first-order valence-electron chi connectivity index (χ1n) is 7.50. The lowest BCUT2D eigenvalue weighted by molar-refractivity contribution is -0.119. The van der Waals surface area contributed by atoms with Crippen molar-refractivity contribution in [1.82, 2.24) is 15.3 Å². The normalized spacial score (nSPS) is 11.6. The molecular formula is C16H20N6O2S. The number of aryl methyl sites for hydroxylation is 2. The molecule has 0 spiro atoms. The van der Waals surface area contributed by atoms with Crippen molar-refractivity contribution in [2.75, 3.05) is 16.8 Å². The number of amides is 3. The van der Waals surface area contributed by atoms with Crippen molar-refractivity contribution in [3.63, 3.8) is 0 Å². The Hall–Kier alpha value is -2.81. The van der Waals surface area contributed by atoms with Gasteiger partial charge in [-0.05, 0) is 32.4 Å². The Bertz CT molecular complexity index is 791. The fourth-order valence-electron chi connectivity index (χ4n) is 2.05. The summed E-state index contributed by atoms with van der Waals surface area (Å²) < 4.78 is 0. The summed E-state index contributed by atoms with van der Waals surface area (Å²) in [5.41, 5.74) is 13.8. The second-order valence-corrected chi connectivity index (χ2v) is 6.83. The molecule has 25 heavy (non-hydrogen) atoms. The summed E-state index contributed by atoms with van der Waals surface area (Å²) in [4.78, 5) is 32.1. The van der Waals surface area contributed by atoms with Crippen LogP contribution in [-0.2, 0) is 4.79 Å². The van der Waals surface area contributed by atoms with Gasteiger partial charge in [0.05, 0.1) is 5.25 Å². The number of benzene rings is 1.